The van der Waals surface area contributed by atoms with Crippen molar-refractivity contribution in [3.8, 4) is 6.07 Å². The fourth-order valence-corrected chi connectivity index (χ4v) is 4.82. The maximum Gasteiger partial charge on any atom is 0.240 e. The van der Waals surface area contributed by atoms with Crippen molar-refractivity contribution in [2.24, 2.45) is 0 Å². The van der Waals surface area contributed by atoms with Crippen molar-refractivity contribution in [2.75, 3.05) is 44.2 Å². The van der Waals surface area contributed by atoms with Crippen LogP contribution in [0.2, 0.25) is 5.02 Å². The molecule has 0 aliphatic carbocycles. The van der Waals surface area contributed by atoms with Gasteiger partial charge in [0.2, 0.25) is 10.0 Å². The van der Waals surface area contributed by atoms with E-state index in [2.05, 4.69) is 45.7 Å². The third-order valence-electron chi connectivity index (χ3n) is 5.30. The van der Waals surface area contributed by atoms with E-state index >= 15 is 0 Å². The summed E-state index contributed by atoms with van der Waals surface area (Å²) in [4.78, 5) is 4.91. The first-order chi connectivity index (χ1) is 14.4. The van der Waals surface area contributed by atoms with E-state index in [0.717, 1.165) is 45.6 Å². The predicted molar refractivity (Wildman–Crippen MR) is 120 cm³/mol. The summed E-state index contributed by atoms with van der Waals surface area (Å²) in [6.07, 6.45) is 1.69. The molecule has 1 aliphatic rings. The molecule has 1 saturated heterocycles. The minimum atomic E-state index is -3.64. The highest BCUT2D eigenvalue weighted by atomic mass is 35.5. The Bertz CT molecular complexity index is 1010. The molecule has 1 fully saturated rings. The fraction of sp³-hybridized carbons (Fsp3) is 0.409. The van der Waals surface area contributed by atoms with Gasteiger partial charge in [-0.25, -0.2) is 13.1 Å². The summed E-state index contributed by atoms with van der Waals surface area (Å²) in [5, 5.41) is 9.26. The van der Waals surface area contributed by atoms with Crippen LogP contribution in [0.15, 0.2) is 47.4 Å². The van der Waals surface area contributed by atoms with Gasteiger partial charge < -0.3 is 4.90 Å². The largest absolute Gasteiger partial charge is 0.369 e. The number of nitriles is 1. The van der Waals surface area contributed by atoms with Gasteiger partial charge in [-0.05, 0) is 62.2 Å². The summed E-state index contributed by atoms with van der Waals surface area (Å²) in [5.74, 6) is 0. The molecule has 0 bridgehead atoms. The molecule has 8 heteroatoms. The van der Waals surface area contributed by atoms with Gasteiger partial charge in [0, 0.05) is 38.4 Å². The molecule has 0 unspecified atom stereocenters. The van der Waals surface area contributed by atoms with Crippen LogP contribution in [0.3, 0.4) is 0 Å². The maximum atomic E-state index is 12.4. The van der Waals surface area contributed by atoms with Crippen LogP contribution in [0.25, 0.3) is 0 Å². The first kappa shape index (κ1) is 22.6. The molecule has 0 amide bonds. The van der Waals surface area contributed by atoms with E-state index in [-0.39, 0.29) is 15.5 Å². The molecule has 0 radical (unpaired) electrons. The average molecular weight is 447 g/mol. The van der Waals surface area contributed by atoms with Crippen molar-refractivity contribution < 1.29 is 8.42 Å². The lowest BCUT2D eigenvalue weighted by atomic mass is 10.2. The Morgan fingerprint density at radius 1 is 1.10 bits per heavy atom. The number of piperazine rings is 1. The lowest BCUT2D eigenvalue weighted by Crippen LogP contribution is -2.46. The van der Waals surface area contributed by atoms with Crippen molar-refractivity contribution in [1.29, 1.82) is 5.26 Å². The number of nitrogens with one attached hydrogen (secondary N) is 1. The van der Waals surface area contributed by atoms with E-state index in [0.29, 0.717) is 6.54 Å². The predicted octanol–water partition coefficient (Wildman–Crippen LogP) is 3.40. The van der Waals surface area contributed by atoms with Crippen LogP contribution in [-0.4, -0.2) is 52.6 Å². The molecule has 30 heavy (non-hydrogen) atoms. The van der Waals surface area contributed by atoms with Crippen molar-refractivity contribution in [2.45, 2.75) is 24.7 Å². The monoisotopic (exact) mass is 446 g/mol. The summed E-state index contributed by atoms with van der Waals surface area (Å²) in [7, 11) is -3.64. The van der Waals surface area contributed by atoms with E-state index < -0.39 is 10.0 Å². The van der Waals surface area contributed by atoms with Gasteiger partial charge in [0.1, 0.15) is 6.07 Å². The quantitative estimate of drug-likeness (QED) is 0.629. The van der Waals surface area contributed by atoms with E-state index in [1.165, 1.54) is 29.4 Å². The number of rotatable bonds is 8. The zero-order valence-corrected chi connectivity index (χ0v) is 18.7. The van der Waals surface area contributed by atoms with Gasteiger partial charge in [0.15, 0.2) is 0 Å². The van der Waals surface area contributed by atoms with Crippen LogP contribution >= 0.6 is 11.6 Å². The van der Waals surface area contributed by atoms with Crippen LogP contribution in [0, 0.1) is 18.3 Å². The first-order valence-electron chi connectivity index (χ1n) is 10.1. The minimum absolute atomic E-state index is 0.0655. The molecule has 160 valence electrons. The second kappa shape index (κ2) is 10.3. The third kappa shape index (κ3) is 5.96. The Hall–Kier alpha value is -2.11. The molecule has 3 rings (SSSR count). The van der Waals surface area contributed by atoms with Gasteiger partial charge in [-0.1, -0.05) is 23.7 Å². The maximum absolute atomic E-state index is 12.4. The Morgan fingerprint density at radius 2 is 1.87 bits per heavy atom. The number of halogens is 1. The van der Waals surface area contributed by atoms with Crippen molar-refractivity contribution in [3.63, 3.8) is 0 Å². The van der Waals surface area contributed by atoms with Crippen molar-refractivity contribution in [3.05, 3.63) is 58.6 Å². The molecule has 0 saturated carbocycles. The Labute approximate surface area is 184 Å². The third-order valence-corrected chi connectivity index (χ3v) is 7.09. The number of hydrogen-bond donors (Lipinski definition) is 1. The summed E-state index contributed by atoms with van der Waals surface area (Å²) in [6, 6.07) is 14.7. The summed E-state index contributed by atoms with van der Waals surface area (Å²) < 4.78 is 27.4. The van der Waals surface area contributed by atoms with E-state index in [1.807, 2.05) is 6.07 Å². The van der Waals surface area contributed by atoms with Crippen molar-refractivity contribution >= 4 is 27.3 Å². The van der Waals surface area contributed by atoms with Gasteiger partial charge in [-0.3, -0.25) is 4.90 Å². The van der Waals surface area contributed by atoms with Crippen LogP contribution in [0.4, 0.5) is 5.69 Å². The lowest BCUT2D eigenvalue weighted by Gasteiger charge is -2.36. The molecule has 2 aromatic rings. The smallest absolute Gasteiger partial charge is 0.240 e. The number of nitrogens with zero attached hydrogens (tertiary/aromatic N) is 3. The zero-order valence-electron chi connectivity index (χ0n) is 17.1. The Kier molecular flexibility index (Phi) is 7.73. The molecule has 0 spiro atoms. The number of benzene rings is 2. The number of hydrogen-bond acceptors (Lipinski definition) is 5. The summed E-state index contributed by atoms with van der Waals surface area (Å²) >= 11 is 5.87. The number of sulfonamides is 1. The molecule has 1 aliphatic heterocycles. The highest BCUT2D eigenvalue weighted by Crippen LogP contribution is 2.20. The Balaban J connectivity index is 1.38. The second-order valence-electron chi connectivity index (χ2n) is 7.53. The standard InChI is InChI=1S/C22H27ClN4O2S/c1-18-5-4-6-20(15-18)27-13-11-26(12-14-27)10-3-2-9-25-30(28,29)21-7-8-22(23)19(16-21)17-24/h4-8,15-16,25H,2-3,9-14H2,1H3. The topological polar surface area (TPSA) is 76.4 Å². The van der Waals surface area contributed by atoms with E-state index in [9.17, 15) is 8.42 Å². The van der Waals surface area contributed by atoms with Gasteiger partial charge in [-0.15, -0.1) is 0 Å². The van der Waals surface area contributed by atoms with Crippen LogP contribution in [0.5, 0.6) is 0 Å². The van der Waals surface area contributed by atoms with Gasteiger partial charge in [0.25, 0.3) is 0 Å². The molecule has 1 heterocycles. The Morgan fingerprint density at radius 3 is 2.57 bits per heavy atom. The highest BCUT2D eigenvalue weighted by molar-refractivity contribution is 7.89. The van der Waals surface area contributed by atoms with Crippen LogP contribution in [0.1, 0.15) is 24.0 Å². The molecular formula is C22H27ClN4O2S. The SMILES string of the molecule is Cc1cccc(N2CCN(CCCCNS(=O)(=O)c3ccc(Cl)c(C#N)c3)CC2)c1. The highest BCUT2D eigenvalue weighted by Gasteiger charge is 2.18. The van der Waals surface area contributed by atoms with Crippen LogP contribution in [-0.2, 0) is 10.0 Å². The molecule has 0 atom stereocenters. The first-order valence-corrected chi connectivity index (χ1v) is 12.0. The minimum Gasteiger partial charge on any atom is -0.369 e. The molecular weight excluding hydrogens is 420 g/mol. The number of aryl methyl sites for hydroxylation is 1. The summed E-state index contributed by atoms with van der Waals surface area (Å²) in [6.45, 7) is 7.49. The van der Waals surface area contributed by atoms with Gasteiger partial charge in [0.05, 0.1) is 15.5 Å². The lowest BCUT2D eigenvalue weighted by molar-refractivity contribution is 0.253. The normalized spacial score (nSPS) is 15.2. The fourth-order valence-electron chi connectivity index (χ4n) is 3.56. The second-order valence-corrected chi connectivity index (χ2v) is 9.70. The zero-order chi connectivity index (χ0) is 21.6. The molecule has 1 N–H and O–H groups in total. The number of anilines is 1. The van der Waals surface area contributed by atoms with Crippen molar-refractivity contribution in [1.82, 2.24) is 9.62 Å². The molecule has 6 nitrogen and oxygen atoms in total. The molecule has 0 aromatic heterocycles. The molecule has 2 aromatic carbocycles. The van der Waals surface area contributed by atoms with E-state index in [1.54, 1.807) is 0 Å². The van der Waals surface area contributed by atoms with Gasteiger partial charge in [-0.2, -0.15) is 5.26 Å². The average Bonchev–Trinajstić information content (AvgIpc) is 2.74. The summed E-state index contributed by atoms with van der Waals surface area (Å²) in [5.41, 5.74) is 2.72. The van der Waals surface area contributed by atoms with Gasteiger partial charge >= 0.3 is 0 Å². The van der Waals surface area contributed by atoms with E-state index in [4.69, 9.17) is 16.9 Å². The number of unbranched alkanes of at least 4 members (excludes halogenated alkanes) is 1. The van der Waals surface area contributed by atoms with Crippen LogP contribution < -0.4 is 9.62 Å².